The van der Waals surface area contributed by atoms with Crippen LogP contribution in [0.2, 0.25) is 0 Å². The van der Waals surface area contributed by atoms with Gasteiger partial charge in [0, 0.05) is 6.20 Å². The minimum atomic E-state index is -0.966. The second kappa shape index (κ2) is 4.49. The van der Waals surface area contributed by atoms with Crippen molar-refractivity contribution in [2.24, 2.45) is 0 Å². The van der Waals surface area contributed by atoms with Crippen LogP contribution in [0.25, 0.3) is 11.0 Å². The second-order valence-corrected chi connectivity index (χ2v) is 4.07. The Morgan fingerprint density at radius 2 is 2.16 bits per heavy atom. The van der Waals surface area contributed by atoms with E-state index >= 15 is 0 Å². The maximum atomic E-state index is 11.2. The van der Waals surface area contributed by atoms with Gasteiger partial charge in [0.25, 0.3) is 0 Å². The van der Waals surface area contributed by atoms with Gasteiger partial charge in [-0.2, -0.15) is 10.2 Å². The zero-order chi connectivity index (χ0) is 13.2. The SMILES string of the molecule is O=C(O)c1cccc2ncn(Cc3cccnn3)c12. The summed E-state index contributed by atoms with van der Waals surface area (Å²) in [6, 6.07) is 8.67. The monoisotopic (exact) mass is 254 g/mol. The molecular weight excluding hydrogens is 244 g/mol. The van der Waals surface area contributed by atoms with Crippen LogP contribution >= 0.6 is 0 Å². The molecule has 0 aliphatic carbocycles. The summed E-state index contributed by atoms with van der Waals surface area (Å²) < 4.78 is 1.77. The van der Waals surface area contributed by atoms with Gasteiger partial charge >= 0.3 is 5.97 Å². The van der Waals surface area contributed by atoms with Gasteiger partial charge in [-0.3, -0.25) is 0 Å². The van der Waals surface area contributed by atoms with Crippen LogP contribution in [0.1, 0.15) is 16.1 Å². The summed E-state index contributed by atoms with van der Waals surface area (Å²) >= 11 is 0. The molecule has 6 nitrogen and oxygen atoms in total. The number of aromatic nitrogens is 4. The molecular formula is C13H10N4O2. The minimum absolute atomic E-state index is 0.235. The van der Waals surface area contributed by atoms with Gasteiger partial charge < -0.3 is 9.67 Å². The average Bonchev–Trinajstić information content (AvgIpc) is 2.83. The smallest absolute Gasteiger partial charge is 0.337 e. The molecule has 0 spiro atoms. The number of nitrogens with zero attached hydrogens (tertiary/aromatic N) is 4. The summed E-state index contributed by atoms with van der Waals surface area (Å²) in [6.07, 6.45) is 3.21. The lowest BCUT2D eigenvalue weighted by Gasteiger charge is -2.05. The normalized spacial score (nSPS) is 10.7. The predicted octanol–water partition coefficient (Wildman–Crippen LogP) is 1.57. The van der Waals surface area contributed by atoms with Crippen molar-refractivity contribution in [2.75, 3.05) is 0 Å². The molecule has 3 aromatic rings. The van der Waals surface area contributed by atoms with Crippen LogP contribution in [0.4, 0.5) is 0 Å². The number of carboxylic acids is 1. The van der Waals surface area contributed by atoms with Gasteiger partial charge in [-0.15, -0.1) is 0 Å². The van der Waals surface area contributed by atoms with E-state index in [2.05, 4.69) is 15.2 Å². The van der Waals surface area contributed by atoms with Crippen LogP contribution in [0.15, 0.2) is 42.9 Å². The van der Waals surface area contributed by atoms with Gasteiger partial charge in [0.05, 0.1) is 35.2 Å². The molecule has 0 radical (unpaired) electrons. The summed E-state index contributed by atoms with van der Waals surface area (Å²) in [5.74, 6) is -0.966. The summed E-state index contributed by atoms with van der Waals surface area (Å²) in [6.45, 7) is 0.439. The molecule has 94 valence electrons. The van der Waals surface area contributed by atoms with Crippen LogP contribution < -0.4 is 0 Å². The van der Waals surface area contributed by atoms with Crippen LogP contribution in [0.3, 0.4) is 0 Å². The molecule has 0 amide bonds. The number of hydrogen-bond acceptors (Lipinski definition) is 4. The fourth-order valence-electron chi connectivity index (χ4n) is 2.01. The highest BCUT2D eigenvalue weighted by Gasteiger charge is 2.13. The number of fused-ring (bicyclic) bond motifs is 1. The molecule has 0 aliphatic heterocycles. The molecule has 19 heavy (non-hydrogen) atoms. The molecule has 2 heterocycles. The Labute approximate surface area is 108 Å². The zero-order valence-corrected chi connectivity index (χ0v) is 9.89. The number of carbonyl (C=O) groups is 1. The van der Waals surface area contributed by atoms with Gasteiger partial charge in [-0.05, 0) is 24.3 Å². The molecule has 0 saturated carbocycles. The van der Waals surface area contributed by atoms with Gasteiger partial charge in [-0.1, -0.05) is 6.07 Å². The van der Waals surface area contributed by atoms with Crippen molar-refractivity contribution in [2.45, 2.75) is 6.54 Å². The van der Waals surface area contributed by atoms with Crippen molar-refractivity contribution in [3.05, 3.63) is 54.1 Å². The number of hydrogen-bond donors (Lipinski definition) is 1. The number of carboxylic acid groups (broad SMARTS) is 1. The van der Waals surface area contributed by atoms with E-state index in [0.717, 1.165) is 5.69 Å². The van der Waals surface area contributed by atoms with E-state index in [0.29, 0.717) is 17.6 Å². The summed E-state index contributed by atoms with van der Waals surface area (Å²) in [5, 5.41) is 17.0. The van der Waals surface area contributed by atoms with Crippen LogP contribution in [0, 0.1) is 0 Å². The standard InChI is InChI=1S/C13H10N4O2/c18-13(19)10-4-1-5-11-12(10)17(8-14-11)7-9-3-2-6-15-16-9/h1-6,8H,7H2,(H,18,19). The van der Waals surface area contributed by atoms with E-state index in [1.165, 1.54) is 0 Å². The van der Waals surface area contributed by atoms with E-state index in [9.17, 15) is 9.90 Å². The third-order valence-electron chi connectivity index (χ3n) is 2.83. The highest BCUT2D eigenvalue weighted by atomic mass is 16.4. The van der Waals surface area contributed by atoms with E-state index in [1.807, 2.05) is 6.07 Å². The lowest BCUT2D eigenvalue weighted by atomic mass is 10.2. The molecule has 3 rings (SSSR count). The Kier molecular flexibility index (Phi) is 2.68. The Balaban J connectivity index is 2.12. The van der Waals surface area contributed by atoms with Crippen molar-refractivity contribution in [3.8, 4) is 0 Å². The highest BCUT2D eigenvalue weighted by molar-refractivity contribution is 6.01. The van der Waals surface area contributed by atoms with Crippen LogP contribution in [0.5, 0.6) is 0 Å². The topological polar surface area (TPSA) is 80.9 Å². The molecule has 0 bridgehead atoms. The van der Waals surface area contributed by atoms with Crippen molar-refractivity contribution in [3.63, 3.8) is 0 Å². The summed E-state index contributed by atoms with van der Waals surface area (Å²) in [7, 11) is 0. The number of imidazole rings is 1. The molecule has 0 saturated heterocycles. The first-order valence-electron chi connectivity index (χ1n) is 5.69. The molecule has 2 aromatic heterocycles. The quantitative estimate of drug-likeness (QED) is 0.767. The van der Waals surface area contributed by atoms with E-state index in [4.69, 9.17) is 0 Å². The number of para-hydroxylation sites is 1. The van der Waals surface area contributed by atoms with E-state index < -0.39 is 5.97 Å². The molecule has 0 atom stereocenters. The molecule has 6 heteroatoms. The lowest BCUT2D eigenvalue weighted by Crippen LogP contribution is -2.05. The molecule has 0 unspecified atom stereocenters. The molecule has 0 fully saturated rings. The van der Waals surface area contributed by atoms with E-state index in [-0.39, 0.29) is 5.56 Å². The van der Waals surface area contributed by atoms with Crippen molar-refractivity contribution >= 4 is 17.0 Å². The Morgan fingerprint density at radius 3 is 2.89 bits per heavy atom. The Hall–Kier alpha value is -2.76. The third kappa shape index (κ3) is 2.03. The fraction of sp³-hybridized carbons (Fsp3) is 0.0769. The van der Waals surface area contributed by atoms with Crippen molar-refractivity contribution in [1.82, 2.24) is 19.7 Å². The molecule has 0 aliphatic rings. The maximum absolute atomic E-state index is 11.2. The van der Waals surface area contributed by atoms with Gasteiger partial charge in [0.1, 0.15) is 0 Å². The maximum Gasteiger partial charge on any atom is 0.337 e. The number of aromatic carboxylic acids is 1. The number of benzene rings is 1. The summed E-state index contributed by atoms with van der Waals surface area (Å²) in [4.78, 5) is 15.5. The zero-order valence-electron chi connectivity index (χ0n) is 9.89. The third-order valence-corrected chi connectivity index (χ3v) is 2.83. The molecule has 1 aromatic carbocycles. The lowest BCUT2D eigenvalue weighted by molar-refractivity contribution is 0.0698. The Bertz CT molecular complexity index is 737. The van der Waals surface area contributed by atoms with Gasteiger partial charge in [0.15, 0.2) is 0 Å². The average molecular weight is 254 g/mol. The second-order valence-electron chi connectivity index (χ2n) is 4.07. The minimum Gasteiger partial charge on any atom is -0.478 e. The first kappa shape index (κ1) is 11.3. The first-order chi connectivity index (χ1) is 9.25. The van der Waals surface area contributed by atoms with E-state index in [1.54, 1.807) is 41.4 Å². The fourth-order valence-corrected chi connectivity index (χ4v) is 2.01. The van der Waals surface area contributed by atoms with Gasteiger partial charge in [0.2, 0.25) is 0 Å². The Morgan fingerprint density at radius 1 is 1.26 bits per heavy atom. The first-order valence-corrected chi connectivity index (χ1v) is 5.69. The highest BCUT2D eigenvalue weighted by Crippen LogP contribution is 2.18. The van der Waals surface area contributed by atoms with Crippen LogP contribution in [-0.2, 0) is 6.54 Å². The number of rotatable bonds is 3. The van der Waals surface area contributed by atoms with Crippen molar-refractivity contribution < 1.29 is 9.90 Å². The van der Waals surface area contributed by atoms with Gasteiger partial charge in [-0.25, -0.2) is 9.78 Å². The largest absolute Gasteiger partial charge is 0.478 e. The predicted molar refractivity (Wildman–Crippen MR) is 67.8 cm³/mol. The summed E-state index contributed by atoms with van der Waals surface area (Å²) in [5.41, 5.74) is 2.24. The van der Waals surface area contributed by atoms with Crippen LogP contribution in [-0.4, -0.2) is 30.8 Å². The molecule has 1 N–H and O–H groups in total. The van der Waals surface area contributed by atoms with Crippen molar-refractivity contribution in [1.29, 1.82) is 0 Å².